The van der Waals surface area contributed by atoms with Gasteiger partial charge in [-0.25, -0.2) is 0 Å². The summed E-state index contributed by atoms with van der Waals surface area (Å²) < 4.78 is 5.73. The molecule has 0 spiro atoms. The minimum absolute atomic E-state index is 0.0396. The zero-order valence-corrected chi connectivity index (χ0v) is 14.3. The molecule has 3 nitrogen and oxygen atoms in total. The lowest BCUT2D eigenvalue weighted by Crippen LogP contribution is -2.27. The average Bonchev–Trinajstić information content (AvgIpc) is 2.59. The van der Waals surface area contributed by atoms with E-state index >= 15 is 0 Å². The first-order valence-corrected chi connectivity index (χ1v) is 8.27. The molecule has 0 aromatic heterocycles. The molecule has 0 aliphatic carbocycles. The minimum atomic E-state index is -0.0396. The van der Waals surface area contributed by atoms with Crippen LogP contribution in [0.5, 0.6) is 5.75 Å². The molecule has 0 radical (unpaired) electrons. The predicted octanol–water partition coefficient (Wildman–Crippen LogP) is 4.29. The van der Waals surface area contributed by atoms with Crippen molar-refractivity contribution in [1.29, 1.82) is 0 Å². The Bertz CT molecular complexity index is 636. The Labute approximate surface area is 142 Å². The molecule has 122 valence electrons. The van der Waals surface area contributed by atoms with Gasteiger partial charge in [0.15, 0.2) is 5.78 Å². The number of ketones is 1. The van der Waals surface area contributed by atoms with E-state index in [1.165, 1.54) is 0 Å². The van der Waals surface area contributed by atoms with Crippen LogP contribution in [0.3, 0.4) is 0 Å². The molecule has 0 amide bonds. The van der Waals surface area contributed by atoms with Crippen molar-refractivity contribution in [3.05, 3.63) is 64.7 Å². The summed E-state index contributed by atoms with van der Waals surface area (Å²) in [6, 6.07) is 14.2. The lowest BCUT2D eigenvalue weighted by molar-refractivity contribution is 0.103. The minimum Gasteiger partial charge on any atom is -0.492 e. The van der Waals surface area contributed by atoms with E-state index < -0.39 is 0 Å². The fraction of sp³-hybridized carbons (Fsp3) is 0.316. The van der Waals surface area contributed by atoms with Crippen LogP contribution in [0.25, 0.3) is 0 Å². The first kappa shape index (κ1) is 17.5. The second kappa shape index (κ2) is 8.70. The third-order valence-corrected chi connectivity index (χ3v) is 4.01. The van der Waals surface area contributed by atoms with Crippen LogP contribution >= 0.6 is 11.6 Å². The topological polar surface area (TPSA) is 29.5 Å². The molecule has 0 fully saturated rings. The van der Waals surface area contributed by atoms with Crippen LogP contribution in [-0.4, -0.2) is 36.9 Å². The van der Waals surface area contributed by atoms with Gasteiger partial charge in [0.2, 0.25) is 0 Å². The Kier molecular flexibility index (Phi) is 6.63. The van der Waals surface area contributed by atoms with Crippen molar-refractivity contribution >= 4 is 17.4 Å². The van der Waals surface area contributed by atoms with Crippen LogP contribution in [-0.2, 0) is 0 Å². The molecule has 0 aliphatic rings. The van der Waals surface area contributed by atoms with E-state index in [1.807, 2.05) is 12.1 Å². The average molecular weight is 332 g/mol. The van der Waals surface area contributed by atoms with Crippen molar-refractivity contribution in [2.75, 3.05) is 26.2 Å². The monoisotopic (exact) mass is 331 g/mol. The van der Waals surface area contributed by atoms with Gasteiger partial charge in [-0.1, -0.05) is 37.6 Å². The first-order valence-electron chi connectivity index (χ1n) is 7.89. The molecule has 4 heteroatoms. The Morgan fingerprint density at radius 1 is 1.04 bits per heavy atom. The van der Waals surface area contributed by atoms with Crippen LogP contribution in [0.15, 0.2) is 48.5 Å². The normalized spacial score (nSPS) is 10.8. The number of hydrogen-bond acceptors (Lipinski definition) is 3. The summed E-state index contributed by atoms with van der Waals surface area (Å²) in [5.74, 6) is 0.738. The zero-order chi connectivity index (χ0) is 16.7. The largest absolute Gasteiger partial charge is 0.492 e. The van der Waals surface area contributed by atoms with E-state index in [4.69, 9.17) is 16.3 Å². The Morgan fingerprint density at radius 3 is 2.35 bits per heavy atom. The maximum absolute atomic E-state index is 12.4. The molecular formula is C19H22ClNO2. The van der Waals surface area contributed by atoms with E-state index in [0.29, 0.717) is 22.8 Å². The molecule has 2 aromatic carbocycles. The lowest BCUT2D eigenvalue weighted by Gasteiger charge is -2.18. The predicted molar refractivity (Wildman–Crippen MR) is 94.6 cm³/mol. The van der Waals surface area contributed by atoms with Gasteiger partial charge in [0.25, 0.3) is 0 Å². The molecule has 0 saturated heterocycles. The molecule has 23 heavy (non-hydrogen) atoms. The number of ether oxygens (including phenoxy) is 1. The molecule has 2 rings (SSSR count). The van der Waals surface area contributed by atoms with E-state index in [1.54, 1.807) is 36.4 Å². The summed E-state index contributed by atoms with van der Waals surface area (Å²) in [7, 11) is 0. The summed E-state index contributed by atoms with van der Waals surface area (Å²) in [5.41, 5.74) is 1.22. The molecular weight excluding hydrogens is 310 g/mol. The van der Waals surface area contributed by atoms with Gasteiger partial charge in [-0.15, -0.1) is 0 Å². The highest BCUT2D eigenvalue weighted by molar-refractivity contribution is 6.31. The van der Waals surface area contributed by atoms with Crippen LogP contribution in [0.2, 0.25) is 5.02 Å². The van der Waals surface area contributed by atoms with Crippen LogP contribution in [0, 0.1) is 0 Å². The van der Waals surface area contributed by atoms with Gasteiger partial charge < -0.3 is 9.64 Å². The molecule has 2 aromatic rings. The highest BCUT2D eigenvalue weighted by atomic mass is 35.5. The number of rotatable bonds is 8. The maximum Gasteiger partial charge on any atom is 0.193 e. The summed E-state index contributed by atoms with van der Waals surface area (Å²) in [6.07, 6.45) is 0. The second-order valence-electron chi connectivity index (χ2n) is 5.24. The molecule has 0 atom stereocenters. The van der Waals surface area contributed by atoms with Crippen molar-refractivity contribution in [3.63, 3.8) is 0 Å². The van der Waals surface area contributed by atoms with Crippen LogP contribution in [0.4, 0.5) is 0 Å². The fourth-order valence-electron chi connectivity index (χ4n) is 2.33. The number of carbonyl (C=O) groups is 1. The highest BCUT2D eigenvalue weighted by Crippen LogP contribution is 2.17. The first-order chi connectivity index (χ1) is 11.1. The van der Waals surface area contributed by atoms with Crippen molar-refractivity contribution < 1.29 is 9.53 Å². The Morgan fingerprint density at radius 2 is 1.74 bits per heavy atom. The Balaban J connectivity index is 1.95. The summed E-state index contributed by atoms with van der Waals surface area (Å²) >= 11 is 5.93. The van der Waals surface area contributed by atoms with E-state index in [-0.39, 0.29) is 5.78 Å². The lowest BCUT2D eigenvalue weighted by atomic mass is 10.0. The third-order valence-electron chi connectivity index (χ3n) is 3.77. The van der Waals surface area contributed by atoms with Crippen molar-refractivity contribution in [1.82, 2.24) is 4.90 Å². The van der Waals surface area contributed by atoms with Gasteiger partial charge in [0, 0.05) is 22.7 Å². The van der Waals surface area contributed by atoms with Gasteiger partial charge in [-0.05, 0) is 49.5 Å². The molecule has 0 N–H and O–H groups in total. The van der Waals surface area contributed by atoms with Gasteiger partial charge in [0.1, 0.15) is 12.4 Å². The maximum atomic E-state index is 12.4. The van der Waals surface area contributed by atoms with Crippen LogP contribution in [0.1, 0.15) is 29.8 Å². The van der Waals surface area contributed by atoms with Crippen molar-refractivity contribution in [2.24, 2.45) is 0 Å². The smallest absolute Gasteiger partial charge is 0.193 e. The summed E-state index contributed by atoms with van der Waals surface area (Å²) in [4.78, 5) is 14.7. The van der Waals surface area contributed by atoms with Gasteiger partial charge in [0.05, 0.1) is 0 Å². The molecule has 0 aliphatic heterocycles. The molecule has 0 unspecified atom stereocenters. The summed E-state index contributed by atoms with van der Waals surface area (Å²) in [5, 5.41) is 0.562. The number of halogens is 1. The van der Waals surface area contributed by atoms with E-state index in [9.17, 15) is 4.79 Å². The highest BCUT2D eigenvalue weighted by Gasteiger charge is 2.09. The summed E-state index contributed by atoms with van der Waals surface area (Å²) in [6.45, 7) is 7.86. The van der Waals surface area contributed by atoms with E-state index in [0.717, 1.165) is 25.4 Å². The quantitative estimate of drug-likeness (QED) is 0.676. The van der Waals surface area contributed by atoms with Gasteiger partial charge in [-0.3, -0.25) is 4.79 Å². The SMILES string of the molecule is CCN(CC)CCOc1ccc(C(=O)c2cccc(Cl)c2)cc1. The molecule has 0 bridgehead atoms. The third kappa shape index (κ3) is 5.08. The molecule has 0 heterocycles. The van der Waals surface area contributed by atoms with Gasteiger partial charge in [-0.2, -0.15) is 0 Å². The zero-order valence-electron chi connectivity index (χ0n) is 13.6. The molecule has 0 saturated carbocycles. The van der Waals surface area contributed by atoms with Gasteiger partial charge >= 0.3 is 0 Å². The van der Waals surface area contributed by atoms with Crippen molar-refractivity contribution in [2.45, 2.75) is 13.8 Å². The Hall–Kier alpha value is -1.84. The number of benzene rings is 2. The standard InChI is InChI=1S/C19H22ClNO2/c1-3-21(4-2)12-13-23-18-10-8-15(9-11-18)19(22)16-6-5-7-17(20)14-16/h5-11,14H,3-4,12-13H2,1-2H3. The van der Waals surface area contributed by atoms with Crippen molar-refractivity contribution in [3.8, 4) is 5.75 Å². The number of carbonyl (C=O) groups excluding carboxylic acids is 1. The fourth-order valence-corrected chi connectivity index (χ4v) is 2.52. The number of likely N-dealkylation sites (N-methyl/N-ethyl adjacent to an activating group) is 1. The number of hydrogen-bond donors (Lipinski definition) is 0. The van der Waals surface area contributed by atoms with E-state index in [2.05, 4.69) is 18.7 Å². The second-order valence-corrected chi connectivity index (χ2v) is 5.68. The number of nitrogens with zero attached hydrogens (tertiary/aromatic N) is 1. The van der Waals surface area contributed by atoms with Crippen LogP contribution < -0.4 is 4.74 Å².